The van der Waals surface area contributed by atoms with Crippen LogP contribution in [-0.4, -0.2) is 4.98 Å². The number of fused-ring (bicyclic) bond motifs is 3. The van der Waals surface area contributed by atoms with E-state index in [1.54, 1.807) is 36.5 Å². The zero-order valence-electron chi connectivity index (χ0n) is 23.4. The van der Waals surface area contributed by atoms with Gasteiger partial charge in [-0.3, -0.25) is 4.98 Å². The Morgan fingerprint density at radius 1 is 0.634 bits per heavy atom. The van der Waals surface area contributed by atoms with Gasteiger partial charge in [-0.25, -0.2) is 0 Å². The number of benzene rings is 4. The van der Waals surface area contributed by atoms with Gasteiger partial charge in [0.15, 0.2) is 0 Å². The summed E-state index contributed by atoms with van der Waals surface area (Å²) in [6, 6.07) is 27.6. The summed E-state index contributed by atoms with van der Waals surface area (Å²) in [6.07, 6.45) is -2.74. The predicted molar refractivity (Wildman–Crippen MR) is 161 cm³/mol. The fraction of sp³-hybridized carbons (Fsp3) is 0.194. The molecule has 0 atom stereocenters. The van der Waals surface area contributed by atoms with E-state index >= 15 is 0 Å². The summed E-state index contributed by atoms with van der Waals surface area (Å²) in [5, 5.41) is 1.39. The summed E-state index contributed by atoms with van der Waals surface area (Å²) in [6.45, 7) is 8.78. The molecule has 0 spiro atoms. The minimum atomic E-state index is -4.53. The van der Waals surface area contributed by atoms with E-state index < -0.39 is 11.7 Å². The van der Waals surface area contributed by atoms with Crippen molar-refractivity contribution in [3.05, 3.63) is 114 Å². The maximum absolute atomic E-state index is 14.2. The van der Waals surface area contributed by atoms with Gasteiger partial charge >= 0.3 is 6.18 Å². The van der Waals surface area contributed by atoms with Crippen LogP contribution < -0.4 is 0 Å². The van der Waals surface area contributed by atoms with E-state index in [4.69, 9.17) is 9.40 Å². The largest absolute Gasteiger partial charge is 0.455 e. The Hall–Kier alpha value is -4.38. The number of aromatic nitrogens is 1. The molecule has 0 radical (unpaired) electrons. The van der Waals surface area contributed by atoms with Gasteiger partial charge in [0.1, 0.15) is 11.2 Å². The maximum Gasteiger partial charge on any atom is 0.417 e. The van der Waals surface area contributed by atoms with Crippen molar-refractivity contribution in [2.24, 2.45) is 0 Å². The molecule has 0 bridgehead atoms. The Bertz CT molecular complexity index is 1860. The number of halogens is 3. The van der Waals surface area contributed by atoms with Crippen LogP contribution >= 0.6 is 0 Å². The van der Waals surface area contributed by atoms with Crippen LogP contribution in [0.2, 0.25) is 0 Å². The minimum absolute atomic E-state index is 0.0481. The van der Waals surface area contributed by atoms with Gasteiger partial charge in [-0.1, -0.05) is 88.4 Å². The van der Waals surface area contributed by atoms with Gasteiger partial charge < -0.3 is 4.42 Å². The number of para-hydroxylation sites is 1. The molecule has 6 aromatic rings. The molecule has 2 aromatic heterocycles. The van der Waals surface area contributed by atoms with Crippen molar-refractivity contribution >= 4 is 21.9 Å². The lowest BCUT2D eigenvalue weighted by molar-refractivity contribution is -0.137. The van der Waals surface area contributed by atoms with E-state index in [-0.39, 0.29) is 11.1 Å². The highest BCUT2D eigenvalue weighted by Gasteiger charge is 2.35. The lowest BCUT2D eigenvalue weighted by Crippen LogP contribution is -2.07. The fourth-order valence-electron chi connectivity index (χ4n) is 5.81. The highest BCUT2D eigenvalue weighted by atomic mass is 19.4. The van der Waals surface area contributed by atoms with Gasteiger partial charge in [0, 0.05) is 28.1 Å². The van der Waals surface area contributed by atoms with Crippen molar-refractivity contribution in [2.75, 3.05) is 0 Å². The zero-order chi connectivity index (χ0) is 28.9. The number of hydrogen-bond acceptors (Lipinski definition) is 2. The lowest BCUT2D eigenvalue weighted by Gasteiger charge is -2.20. The van der Waals surface area contributed by atoms with Crippen molar-refractivity contribution in [1.29, 1.82) is 0 Å². The van der Waals surface area contributed by atoms with Crippen LogP contribution in [0.25, 0.3) is 55.4 Å². The molecule has 206 valence electrons. The molecular weight excluding hydrogens is 519 g/mol. The summed E-state index contributed by atoms with van der Waals surface area (Å²) in [5.41, 5.74) is 6.76. The Morgan fingerprint density at radius 2 is 1.29 bits per heavy atom. The SMILES string of the molecule is CC(C)c1cccc(C(C)C)c1-c1ccnc(-c2cccc3c2oc2c(-c4ccccc4)c(C(F)(F)F)ccc23)c1. The Labute approximate surface area is 237 Å². The molecule has 41 heavy (non-hydrogen) atoms. The number of pyridine rings is 1. The molecule has 2 heterocycles. The molecule has 4 aromatic carbocycles. The van der Waals surface area contributed by atoms with Crippen molar-refractivity contribution in [2.45, 2.75) is 45.7 Å². The van der Waals surface area contributed by atoms with Crippen molar-refractivity contribution in [1.82, 2.24) is 4.98 Å². The second kappa shape index (κ2) is 10.2. The number of furan rings is 1. The molecule has 6 rings (SSSR count). The molecule has 0 fully saturated rings. The third-order valence-electron chi connectivity index (χ3n) is 7.73. The number of hydrogen-bond donors (Lipinski definition) is 0. The molecule has 0 aliphatic carbocycles. The van der Waals surface area contributed by atoms with Crippen molar-refractivity contribution in [3.8, 4) is 33.5 Å². The van der Waals surface area contributed by atoms with Crippen LogP contribution in [0.1, 0.15) is 56.2 Å². The van der Waals surface area contributed by atoms with E-state index in [2.05, 4.69) is 52.0 Å². The van der Waals surface area contributed by atoms with Crippen LogP contribution in [0.3, 0.4) is 0 Å². The first kappa shape index (κ1) is 26.8. The summed E-state index contributed by atoms with van der Waals surface area (Å²) in [7, 11) is 0. The minimum Gasteiger partial charge on any atom is -0.455 e. The third kappa shape index (κ3) is 4.69. The molecule has 0 aliphatic heterocycles. The highest BCUT2D eigenvalue weighted by molar-refractivity contribution is 6.13. The van der Waals surface area contributed by atoms with Crippen LogP contribution in [-0.2, 0) is 6.18 Å². The normalized spacial score (nSPS) is 12.2. The first-order valence-corrected chi connectivity index (χ1v) is 13.9. The molecule has 0 N–H and O–H groups in total. The van der Waals surface area contributed by atoms with Crippen molar-refractivity contribution < 1.29 is 17.6 Å². The maximum atomic E-state index is 14.2. The van der Waals surface area contributed by atoms with Crippen LogP contribution in [0.15, 0.2) is 102 Å². The first-order chi connectivity index (χ1) is 19.6. The van der Waals surface area contributed by atoms with E-state index in [1.807, 2.05) is 24.3 Å². The molecule has 0 unspecified atom stereocenters. The number of nitrogens with zero attached hydrogens (tertiary/aromatic N) is 1. The average Bonchev–Trinajstić information content (AvgIpc) is 3.35. The van der Waals surface area contributed by atoms with E-state index in [1.165, 1.54) is 22.8 Å². The third-order valence-corrected chi connectivity index (χ3v) is 7.73. The molecular formula is C36H30F3NO. The molecule has 2 nitrogen and oxygen atoms in total. The zero-order valence-corrected chi connectivity index (χ0v) is 23.4. The standard InChI is InChI=1S/C36H30F3NO/c1-21(2)25-12-8-13-26(22(3)4)32(25)24-18-19-40-31(20-24)29-15-9-14-27-28-16-17-30(36(37,38)39)33(35(28)41-34(27)29)23-10-6-5-7-11-23/h5-22H,1-4H3. The summed E-state index contributed by atoms with van der Waals surface area (Å²) in [5.74, 6) is 0.664. The molecule has 5 heteroatoms. The van der Waals surface area contributed by atoms with E-state index in [0.717, 1.165) is 22.6 Å². The molecule has 0 amide bonds. The molecule has 0 aliphatic rings. The molecule has 0 saturated heterocycles. The Morgan fingerprint density at radius 3 is 1.95 bits per heavy atom. The first-order valence-electron chi connectivity index (χ1n) is 13.9. The van der Waals surface area contributed by atoms with Crippen LogP contribution in [0, 0.1) is 0 Å². The van der Waals surface area contributed by atoms with Gasteiger partial charge in [0.25, 0.3) is 0 Å². The van der Waals surface area contributed by atoms with Gasteiger partial charge in [-0.15, -0.1) is 0 Å². The van der Waals surface area contributed by atoms with Gasteiger partial charge in [0.2, 0.25) is 0 Å². The van der Waals surface area contributed by atoms with Gasteiger partial charge in [-0.05, 0) is 70.0 Å². The molecule has 0 saturated carbocycles. The quantitative estimate of drug-likeness (QED) is 0.214. The second-order valence-corrected chi connectivity index (χ2v) is 11.1. The number of alkyl halides is 3. The predicted octanol–water partition coefficient (Wildman–Crippen LogP) is 11.2. The lowest BCUT2D eigenvalue weighted by atomic mass is 9.85. The van der Waals surface area contributed by atoms with E-state index in [9.17, 15) is 13.2 Å². The summed E-state index contributed by atoms with van der Waals surface area (Å²) < 4.78 is 49.0. The highest BCUT2D eigenvalue weighted by Crippen LogP contribution is 2.46. The average molecular weight is 550 g/mol. The topological polar surface area (TPSA) is 26.0 Å². The monoisotopic (exact) mass is 549 g/mol. The Balaban J connectivity index is 1.61. The fourth-order valence-corrected chi connectivity index (χ4v) is 5.81. The Kier molecular flexibility index (Phi) is 6.69. The van der Waals surface area contributed by atoms with E-state index in [0.29, 0.717) is 34.1 Å². The second-order valence-electron chi connectivity index (χ2n) is 11.1. The number of rotatable bonds is 5. The van der Waals surface area contributed by atoms with Crippen LogP contribution in [0.5, 0.6) is 0 Å². The summed E-state index contributed by atoms with van der Waals surface area (Å²) >= 11 is 0. The van der Waals surface area contributed by atoms with Gasteiger partial charge in [-0.2, -0.15) is 13.2 Å². The summed E-state index contributed by atoms with van der Waals surface area (Å²) in [4.78, 5) is 4.70. The smallest absolute Gasteiger partial charge is 0.417 e. The van der Waals surface area contributed by atoms with Crippen LogP contribution in [0.4, 0.5) is 13.2 Å². The van der Waals surface area contributed by atoms with Crippen molar-refractivity contribution in [3.63, 3.8) is 0 Å². The van der Waals surface area contributed by atoms with Gasteiger partial charge in [0.05, 0.1) is 11.3 Å².